The topological polar surface area (TPSA) is 12.0 Å². The Morgan fingerprint density at radius 2 is 2.00 bits per heavy atom. The Labute approximate surface area is 81.7 Å². The normalized spacial score (nSPS) is 16.0. The summed E-state index contributed by atoms with van der Waals surface area (Å²) in [5, 5.41) is 3.37. The molecule has 0 heterocycles. The number of rotatable bonds is 7. The molecule has 74 valence electrons. The first-order valence-corrected chi connectivity index (χ1v) is 6.16. The summed E-state index contributed by atoms with van der Waals surface area (Å²) in [6.45, 7) is 6.83. The van der Waals surface area contributed by atoms with E-state index in [0.29, 0.717) is 6.04 Å². The van der Waals surface area contributed by atoms with Gasteiger partial charge in [-0.25, -0.2) is 0 Å². The van der Waals surface area contributed by atoms with Crippen molar-refractivity contribution in [2.24, 2.45) is 5.92 Å². The van der Waals surface area contributed by atoms with Crippen LogP contribution < -0.4 is 5.32 Å². The summed E-state index contributed by atoms with van der Waals surface area (Å²) < 4.78 is 0. The van der Waals surface area contributed by atoms with Gasteiger partial charge >= 0.3 is 0 Å². The monoisotopic (exact) mass is 189 g/mol. The summed E-state index contributed by atoms with van der Waals surface area (Å²) in [6, 6.07) is 0.711. The van der Waals surface area contributed by atoms with E-state index in [0.717, 1.165) is 5.92 Å². The molecule has 0 aromatic heterocycles. The van der Waals surface area contributed by atoms with Gasteiger partial charge in [-0.05, 0) is 37.3 Å². The lowest BCUT2D eigenvalue weighted by atomic mass is 9.97. The molecule has 0 fully saturated rings. The molecular formula is C10H23NS. The third-order valence-corrected chi connectivity index (χ3v) is 3.35. The summed E-state index contributed by atoms with van der Waals surface area (Å²) in [6.07, 6.45) is 2.59. The fraction of sp³-hybridized carbons (Fsp3) is 1.00. The average Bonchev–Trinajstić information content (AvgIpc) is 2.07. The zero-order chi connectivity index (χ0) is 9.40. The lowest BCUT2D eigenvalue weighted by molar-refractivity contribution is 0.381. The minimum Gasteiger partial charge on any atom is -0.317 e. The van der Waals surface area contributed by atoms with Gasteiger partial charge in [-0.15, -0.1) is 0 Å². The van der Waals surface area contributed by atoms with E-state index >= 15 is 0 Å². The predicted octanol–water partition coefficient (Wildman–Crippen LogP) is 2.76. The van der Waals surface area contributed by atoms with Gasteiger partial charge in [0.1, 0.15) is 0 Å². The molecule has 0 aromatic rings. The second kappa shape index (κ2) is 7.93. The first kappa shape index (κ1) is 12.3. The van der Waals surface area contributed by atoms with Gasteiger partial charge in [-0.1, -0.05) is 20.8 Å². The number of thioether (sulfide) groups is 1. The predicted molar refractivity (Wildman–Crippen MR) is 59.9 cm³/mol. The van der Waals surface area contributed by atoms with Crippen LogP contribution in [0.3, 0.4) is 0 Å². The van der Waals surface area contributed by atoms with E-state index in [1.807, 2.05) is 11.8 Å². The molecule has 0 saturated heterocycles. The fourth-order valence-electron chi connectivity index (χ4n) is 1.51. The average molecular weight is 189 g/mol. The molecule has 0 rings (SSSR count). The van der Waals surface area contributed by atoms with Gasteiger partial charge in [-0.2, -0.15) is 11.8 Å². The van der Waals surface area contributed by atoms with E-state index in [1.54, 1.807) is 0 Å². The highest BCUT2D eigenvalue weighted by Gasteiger charge is 2.11. The van der Waals surface area contributed by atoms with E-state index in [4.69, 9.17) is 0 Å². The molecule has 2 heteroatoms. The summed E-state index contributed by atoms with van der Waals surface area (Å²) in [7, 11) is 2.07. The maximum Gasteiger partial charge on any atom is 0.00873 e. The summed E-state index contributed by atoms with van der Waals surface area (Å²) in [5.74, 6) is 3.39. The summed E-state index contributed by atoms with van der Waals surface area (Å²) in [5.41, 5.74) is 0. The van der Waals surface area contributed by atoms with Crippen molar-refractivity contribution < 1.29 is 0 Å². The van der Waals surface area contributed by atoms with Crippen LogP contribution in [0.15, 0.2) is 0 Å². The molecule has 12 heavy (non-hydrogen) atoms. The van der Waals surface area contributed by atoms with Crippen molar-refractivity contribution in [2.75, 3.05) is 18.6 Å². The highest BCUT2D eigenvalue weighted by Crippen LogP contribution is 2.14. The van der Waals surface area contributed by atoms with E-state index in [-0.39, 0.29) is 0 Å². The van der Waals surface area contributed by atoms with Gasteiger partial charge in [0.2, 0.25) is 0 Å². The molecule has 2 atom stereocenters. The second-order valence-electron chi connectivity index (χ2n) is 3.27. The molecule has 0 saturated carbocycles. The number of hydrogen-bond donors (Lipinski definition) is 1. The van der Waals surface area contributed by atoms with Crippen LogP contribution in [-0.2, 0) is 0 Å². The van der Waals surface area contributed by atoms with E-state index in [9.17, 15) is 0 Å². The Hall–Kier alpha value is 0.310. The van der Waals surface area contributed by atoms with Gasteiger partial charge in [-0.3, -0.25) is 0 Å². The van der Waals surface area contributed by atoms with Crippen LogP contribution >= 0.6 is 11.8 Å². The Morgan fingerprint density at radius 1 is 1.33 bits per heavy atom. The Balaban J connectivity index is 3.47. The molecule has 0 aliphatic carbocycles. The van der Waals surface area contributed by atoms with E-state index < -0.39 is 0 Å². The molecule has 1 N–H and O–H groups in total. The van der Waals surface area contributed by atoms with Crippen molar-refractivity contribution in [1.82, 2.24) is 5.32 Å². The lowest BCUT2D eigenvalue weighted by Crippen LogP contribution is -2.31. The third kappa shape index (κ3) is 5.04. The van der Waals surface area contributed by atoms with Crippen molar-refractivity contribution in [3.63, 3.8) is 0 Å². The highest BCUT2D eigenvalue weighted by atomic mass is 32.2. The van der Waals surface area contributed by atoms with Gasteiger partial charge in [0.05, 0.1) is 0 Å². The quantitative estimate of drug-likeness (QED) is 0.618. The zero-order valence-corrected chi connectivity index (χ0v) is 9.71. The van der Waals surface area contributed by atoms with Gasteiger partial charge in [0.25, 0.3) is 0 Å². The molecule has 0 radical (unpaired) electrons. The fourth-order valence-corrected chi connectivity index (χ4v) is 2.33. The molecule has 2 unspecified atom stereocenters. The minimum absolute atomic E-state index is 0.711. The third-order valence-electron chi connectivity index (χ3n) is 2.42. The first-order chi connectivity index (χ1) is 5.76. The summed E-state index contributed by atoms with van der Waals surface area (Å²) in [4.78, 5) is 0. The van der Waals surface area contributed by atoms with Crippen LogP contribution in [0.25, 0.3) is 0 Å². The minimum atomic E-state index is 0.711. The van der Waals surface area contributed by atoms with Gasteiger partial charge in [0, 0.05) is 6.04 Å². The first-order valence-electron chi connectivity index (χ1n) is 5.01. The van der Waals surface area contributed by atoms with E-state index in [2.05, 4.69) is 33.1 Å². The van der Waals surface area contributed by atoms with Crippen LogP contribution in [0.5, 0.6) is 0 Å². The van der Waals surface area contributed by atoms with Crippen LogP contribution in [0, 0.1) is 5.92 Å². The molecular weight excluding hydrogens is 166 g/mol. The lowest BCUT2D eigenvalue weighted by Gasteiger charge is -2.21. The van der Waals surface area contributed by atoms with Crippen LogP contribution in [-0.4, -0.2) is 24.6 Å². The number of hydrogen-bond acceptors (Lipinski definition) is 2. The summed E-state index contributed by atoms with van der Waals surface area (Å²) >= 11 is 2.05. The Morgan fingerprint density at radius 3 is 2.42 bits per heavy atom. The zero-order valence-electron chi connectivity index (χ0n) is 8.89. The smallest absolute Gasteiger partial charge is 0.00873 e. The van der Waals surface area contributed by atoms with Gasteiger partial charge in [0.15, 0.2) is 0 Å². The SMILES string of the molecule is CCSCCC(C)C(CC)NC. The molecule has 0 aromatic carbocycles. The van der Waals surface area contributed by atoms with Crippen LogP contribution in [0.1, 0.15) is 33.6 Å². The number of nitrogens with one attached hydrogen (secondary N) is 1. The van der Waals surface area contributed by atoms with Crippen LogP contribution in [0.2, 0.25) is 0 Å². The molecule has 0 spiro atoms. The molecule has 0 aliphatic heterocycles. The molecule has 0 amide bonds. The largest absolute Gasteiger partial charge is 0.317 e. The maximum atomic E-state index is 3.37. The van der Waals surface area contributed by atoms with Crippen molar-refractivity contribution in [3.8, 4) is 0 Å². The van der Waals surface area contributed by atoms with Crippen molar-refractivity contribution in [3.05, 3.63) is 0 Å². The second-order valence-corrected chi connectivity index (χ2v) is 4.66. The maximum absolute atomic E-state index is 3.37. The van der Waals surface area contributed by atoms with Crippen molar-refractivity contribution in [2.45, 2.75) is 39.7 Å². The Kier molecular flexibility index (Phi) is 8.14. The van der Waals surface area contributed by atoms with Crippen molar-refractivity contribution >= 4 is 11.8 Å². The Bertz CT molecular complexity index is 91.8. The van der Waals surface area contributed by atoms with Crippen molar-refractivity contribution in [1.29, 1.82) is 0 Å². The standard InChI is InChI=1S/C10H23NS/c1-5-10(11-4)9(3)7-8-12-6-2/h9-11H,5-8H2,1-4H3. The molecule has 0 aliphatic rings. The van der Waals surface area contributed by atoms with E-state index in [1.165, 1.54) is 24.3 Å². The van der Waals surface area contributed by atoms with Gasteiger partial charge < -0.3 is 5.32 Å². The van der Waals surface area contributed by atoms with Crippen LogP contribution in [0.4, 0.5) is 0 Å². The molecule has 0 bridgehead atoms. The molecule has 1 nitrogen and oxygen atoms in total. The highest BCUT2D eigenvalue weighted by molar-refractivity contribution is 7.99.